The number of benzene rings is 1. The Bertz CT molecular complexity index is 412. The van der Waals surface area contributed by atoms with Gasteiger partial charge in [-0.25, -0.2) is 5.84 Å². The van der Waals surface area contributed by atoms with Gasteiger partial charge in [-0.3, -0.25) is 10.2 Å². The highest BCUT2D eigenvalue weighted by Crippen LogP contribution is 2.21. The minimum absolute atomic E-state index is 0.264. The quantitative estimate of drug-likeness (QED) is 0.379. The van der Waals surface area contributed by atoms with Crippen LogP contribution in [-0.4, -0.2) is 12.0 Å². The van der Waals surface area contributed by atoms with E-state index < -0.39 is 0 Å². The molecule has 1 aliphatic rings. The molecule has 0 unspecified atom stereocenters. The summed E-state index contributed by atoms with van der Waals surface area (Å²) in [4.78, 5) is 11.6. The Morgan fingerprint density at radius 1 is 1.21 bits per heavy atom. The van der Waals surface area contributed by atoms with E-state index in [1.165, 1.54) is 25.7 Å². The number of amides is 1. The maximum atomic E-state index is 11.6. The highest BCUT2D eigenvalue weighted by molar-refractivity contribution is 5.95. The van der Waals surface area contributed by atoms with Crippen molar-refractivity contribution >= 4 is 5.91 Å². The number of carbonyl (C=O) groups excluding carboxylic acids is 1. The van der Waals surface area contributed by atoms with Crippen LogP contribution in [0.5, 0.6) is 0 Å². The molecule has 0 radical (unpaired) electrons. The Kier molecular flexibility index (Phi) is 5.36. The highest BCUT2D eigenvalue weighted by Gasteiger charge is 2.15. The third-order valence-electron chi connectivity index (χ3n) is 3.67. The number of carbonyl (C=O) groups is 1. The van der Waals surface area contributed by atoms with E-state index in [0.717, 1.165) is 18.4 Å². The molecule has 0 spiro atoms. The Balaban J connectivity index is 1.96. The van der Waals surface area contributed by atoms with Crippen LogP contribution < -0.4 is 11.3 Å². The number of rotatable bonds is 4. The molecule has 1 aliphatic carbocycles. The number of hydrogen-bond donors (Lipinski definition) is 2. The molecule has 1 amide bonds. The van der Waals surface area contributed by atoms with Crippen molar-refractivity contribution in [2.75, 3.05) is 0 Å². The molecule has 4 heteroatoms. The van der Waals surface area contributed by atoms with Gasteiger partial charge in [-0.2, -0.15) is 0 Å². The molecule has 2 rings (SSSR count). The average Bonchev–Trinajstić information content (AvgIpc) is 2.73. The van der Waals surface area contributed by atoms with Crippen molar-refractivity contribution < 1.29 is 9.53 Å². The van der Waals surface area contributed by atoms with Crippen LogP contribution in [0, 0.1) is 0 Å². The number of ether oxygens (including phenoxy) is 1. The second-order valence-electron chi connectivity index (χ2n) is 5.06. The molecule has 0 saturated heterocycles. The first-order valence-electron chi connectivity index (χ1n) is 7.01. The summed E-state index contributed by atoms with van der Waals surface area (Å²) >= 11 is 0. The maximum absolute atomic E-state index is 11.6. The number of hydrazine groups is 1. The Hall–Kier alpha value is -1.39. The molecule has 1 fully saturated rings. The molecule has 19 heavy (non-hydrogen) atoms. The van der Waals surface area contributed by atoms with E-state index in [-0.39, 0.29) is 5.91 Å². The second-order valence-corrected chi connectivity index (χ2v) is 5.06. The van der Waals surface area contributed by atoms with E-state index in [9.17, 15) is 4.79 Å². The van der Waals surface area contributed by atoms with Crippen LogP contribution in [0.25, 0.3) is 0 Å². The van der Waals surface area contributed by atoms with Crippen LogP contribution in [0.4, 0.5) is 0 Å². The lowest BCUT2D eigenvalue weighted by Gasteiger charge is -2.16. The third-order valence-corrected chi connectivity index (χ3v) is 3.67. The summed E-state index contributed by atoms with van der Waals surface area (Å²) < 4.78 is 5.96. The van der Waals surface area contributed by atoms with E-state index in [4.69, 9.17) is 10.6 Å². The van der Waals surface area contributed by atoms with Gasteiger partial charge in [-0.15, -0.1) is 0 Å². The van der Waals surface area contributed by atoms with Crippen LogP contribution in [-0.2, 0) is 11.3 Å². The van der Waals surface area contributed by atoms with Gasteiger partial charge in [0.2, 0.25) is 0 Å². The van der Waals surface area contributed by atoms with E-state index >= 15 is 0 Å². The first kappa shape index (κ1) is 14.0. The lowest BCUT2D eigenvalue weighted by molar-refractivity contribution is 0.0305. The minimum Gasteiger partial charge on any atom is -0.374 e. The molecule has 1 saturated carbocycles. The second kappa shape index (κ2) is 7.26. The predicted molar refractivity (Wildman–Crippen MR) is 74.4 cm³/mol. The number of nitrogens with one attached hydrogen (secondary N) is 1. The van der Waals surface area contributed by atoms with Gasteiger partial charge in [0.15, 0.2) is 0 Å². The number of nitrogens with two attached hydrogens (primary N) is 1. The molecule has 0 bridgehead atoms. The molecular formula is C15H22N2O2. The summed E-state index contributed by atoms with van der Waals surface area (Å²) in [6.45, 7) is 0.480. The summed E-state index contributed by atoms with van der Waals surface area (Å²) in [5.41, 5.74) is 3.67. The topological polar surface area (TPSA) is 64.3 Å². The van der Waals surface area contributed by atoms with Crippen molar-refractivity contribution in [3.8, 4) is 0 Å². The fourth-order valence-corrected chi connectivity index (χ4v) is 2.56. The molecule has 1 aromatic rings. The van der Waals surface area contributed by atoms with Crippen molar-refractivity contribution in [2.45, 2.75) is 51.2 Å². The Morgan fingerprint density at radius 3 is 2.58 bits per heavy atom. The predicted octanol–water partition coefficient (Wildman–Crippen LogP) is 2.53. The molecule has 4 nitrogen and oxygen atoms in total. The van der Waals surface area contributed by atoms with Gasteiger partial charge in [0.05, 0.1) is 12.7 Å². The first-order chi connectivity index (χ1) is 9.31. The van der Waals surface area contributed by atoms with Crippen LogP contribution >= 0.6 is 0 Å². The minimum atomic E-state index is -0.264. The molecule has 0 aliphatic heterocycles. The zero-order valence-corrected chi connectivity index (χ0v) is 11.2. The summed E-state index contributed by atoms with van der Waals surface area (Å²) in [7, 11) is 0. The van der Waals surface area contributed by atoms with Gasteiger partial charge in [0.25, 0.3) is 5.91 Å². The monoisotopic (exact) mass is 262 g/mol. The van der Waals surface area contributed by atoms with Gasteiger partial charge in [-0.05, 0) is 24.5 Å². The molecule has 1 aromatic carbocycles. The Morgan fingerprint density at radius 2 is 1.89 bits per heavy atom. The van der Waals surface area contributed by atoms with Crippen LogP contribution in [0.1, 0.15) is 54.4 Å². The largest absolute Gasteiger partial charge is 0.374 e. The van der Waals surface area contributed by atoms with Crippen molar-refractivity contribution in [2.24, 2.45) is 5.84 Å². The third kappa shape index (κ3) is 4.04. The van der Waals surface area contributed by atoms with E-state index in [1.54, 1.807) is 6.07 Å². The Labute approximate surface area is 114 Å². The van der Waals surface area contributed by atoms with Gasteiger partial charge >= 0.3 is 0 Å². The average molecular weight is 262 g/mol. The highest BCUT2D eigenvalue weighted by atomic mass is 16.5. The van der Waals surface area contributed by atoms with E-state index in [0.29, 0.717) is 18.3 Å². The summed E-state index contributed by atoms with van der Waals surface area (Å²) in [5.74, 6) is 4.93. The van der Waals surface area contributed by atoms with Crippen molar-refractivity contribution in [3.63, 3.8) is 0 Å². The van der Waals surface area contributed by atoms with Crippen LogP contribution in [0.3, 0.4) is 0 Å². The van der Waals surface area contributed by atoms with Crippen molar-refractivity contribution in [1.29, 1.82) is 0 Å². The smallest absolute Gasteiger partial charge is 0.265 e. The fraction of sp³-hybridized carbons (Fsp3) is 0.533. The lowest BCUT2D eigenvalue weighted by Crippen LogP contribution is -2.31. The lowest BCUT2D eigenvalue weighted by atomic mass is 10.1. The summed E-state index contributed by atoms with van der Waals surface area (Å²) in [6, 6.07) is 7.44. The van der Waals surface area contributed by atoms with Gasteiger partial charge < -0.3 is 4.74 Å². The van der Waals surface area contributed by atoms with Gasteiger partial charge in [0, 0.05) is 5.56 Å². The molecule has 3 N–H and O–H groups in total. The first-order valence-corrected chi connectivity index (χ1v) is 7.01. The summed E-state index contributed by atoms with van der Waals surface area (Å²) in [6.07, 6.45) is 7.70. The van der Waals surface area contributed by atoms with E-state index in [1.807, 2.05) is 18.2 Å². The van der Waals surface area contributed by atoms with Crippen LogP contribution in [0.2, 0.25) is 0 Å². The molecule has 0 atom stereocenters. The van der Waals surface area contributed by atoms with Gasteiger partial charge in [-0.1, -0.05) is 43.9 Å². The zero-order chi connectivity index (χ0) is 13.5. The fourth-order valence-electron chi connectivity index (χ4n) is 2.56. The SMILES string of the molecule is NNC(=O)c1ccccc1COC1CCCCCC1. The van der Waals surface area contributed by atoms with Crippen molar-refractivity contribution in [3.05, 3.63) is 35.4 Å². The molecule has 0 heterocycles. The normalized spacial score (nSPS) is 16.9. The molecule has 0 aromatic heterocycles. The molecular weight excluding hydrogens is 240 g/mol. The maximum Gasteiger partial charge on any atom is 0.265 e. The summed E-state index contributed by atoms with van der Waals surface area (Å²) in [5, 5.41) is 0. The van der Waals surface area contributed by atoms with Crippen molar-refractivity contribution in [1.82, 2.24) is 5.43 Å². The number of nitrogen functional groups attached to an aromatic ring is 1. The molecule has 104 valence electrons. The zero-order valence-electron chi connectivity index (χ0n) is 11.2. The van der Waals surface area contributed by atoms with Crippen LogP contribution in [0.15, 0.2) is 24.3 Å². The van der Waals surface area contributed by atoms with E-state index in [2.05, 4.69) is 5.43 Å². The number of hydrogen-bond acceptors (Lipinski definition) is 3. The standard InChI is InChI=1S/C15H22N2O2/c16-17-15(18)14-10-6-5-7-12(14)11-19-13-8-3-1-2-4-9-13/h5-7,10,13H,1-4,8-9,11,16H2,(H,17,18). The van der Waals surface area contributed by atoms with Gasteiger partial charge in [0.1, 0.15) is 0 Å².